The number of hydrogen-bond donors (Lipinski definition) is 0. The standard InChI is InChI=1S/C15H21N5O/c1-3-19(4-2)15(21)12-5-9-20(10-6-12)14-13(11-16)17-7-8-18-14/h7-8,12H,3-6,9-10H2,1-2H3. The van der Waals surface area contributed by atoms with Gasteiger partial charge in [0.1, 0.15) is 6.07 Å². The smallest absolute Gasteiger partial charge is 0.225 e. The van der Waals surface area contributed by atoms with Crippen molar-refractivity contribution in [3.05, 3.63) is 18.1 Å². The Labute approximate surface area is 125 Å². The van der Waals surface area contributed by atoms with Gasteiger partial charge in [-0.1, -0.05) is 0 Å². The lowest BCUT2D eigenvalue weighted by Crippen LogP contribution is -2.43. The van der Waals surface area contributed by atoms with Crippen LogP contribution >= 0.6 is 0 Å². The van der Waals surface area contributed by atoms with Crippen LogP contribution in [0.1, 0.15) is 32.4 Å². The summed E-state index contributed by atoms with van der Waals surface area (Å²) in [5.41, 5.74) is 0.353. The Balaban J connectivity index is 2.01. The minimum absolute atomic E-state index is 0.0864. The largest absolute Gasteiger partial charge is 0.354 e. The molecule has 0 spiro atoms. The van der Waals surface area contributed by atoms with E-state index in [0.29, 0.717) is 11.5 Å². The molecule has 0 radical (unpaired) electrons. The maximum atomic E-state index is 12.4. The molecular formula is C15H21N5O. The van der Waals surface area contributed by atoms with Crippen LogP contribution in [0.4, 0.5) is 5.82 Å². The molecule has 1 aromatic rings. The zero-order valence-electron chi connectivity index (χ0n) is 12.6. The van der Waals surface area contributed by atoms with Gasteiger partial charge in [0.05, 0.1) is 0 Å². The van der Waals surface area contributed by atoms with Crippen LogP contribution in [0.5, 0.6) is 0 Å². The van der Waals surface area contributed by atoms with E-state index in [1.165, 1.54) is 6.20 Å². The summed E-state index contributed by atoms with van der Waals surface area (Å²) in [5, 5.41) is 9.09. The molecule has 0 atom stereocenters. The fourth-order valence-electron chi connectivity index (χ4n) is 2.77. The van der Waals surface area contributed by atoms with Crippen LogP contribution in [-0.4, -0.2) is 47.0 Å². The number of carbonyl (C=O) groups excluding carboxylic acids is 1. The Bertz CT molecular complexity index is 527. The normalized spacial score (nSPS) is 15.6. The summed E-state index contributed by atoms with van der Waals surface area (Å²) in [6.45, 7) is 7.03. The number of carbonyl (C=O) groups is 1. The van der Waals surface area contributed by atoms with Gasteiger partial charge in [-0.25, -0.2) is 9.97 Å². The van der Waals surface area contributed by atoms with Crippen LogP contribution < -0.4 is 4.90 Å². The Morgan fingerprint density at radius 3 is 2.52 bits per heavy atom. The molecule has 1 aromatic heterocycles. The van der Waals surface area contributed by atoms with Gasteiger partial charge in [0.25, 0.3) is 0 Å². The monoisotopic (exact) mass is 287 g/mol. The predicted molar refractivity (Wildman–Crippen MR) is 79.6 cm³/mol. The molecule has 1 aliphatic heterocycles. The van der Waals surface area contributed by atoms with Crippen molar-refractivity contribution in [2.24, 2.45) is 5.92 Å². The van der Waals surface area contributed by atoms with E-state index in [-0.39, 0.29) is 11.8 Å². The molecule has 0 aliphatic carbocycles. The van der Waals surface area contributed by atoms with Crippen LogP contribution in [0.2, 0.25) is 0 Å². The van der Waals surface area contributed by atoms with E-state index in [2.05, 4.69) is 20.9 Å². The molecular weight excluding hydrogens is 266 g/mol. The van der Waals surface area contributed by atoms with Crippen LogP contribution in [0.15, 0.2) is 12.4 Å². The van der Waals surface area contributed by atoms with E-state index in [9.17, 15) is 4.79 Å². The van der Waals surface area contributed by atoms with Crippen molar-refractivity contribution in [1.82, 2.24) is 14.9 Å². The quantitative estimate of drug-likeness (QED) is 0.837. The third kappa shape index (κ3) is 3.30. The lowest BCUT2D eigenvalue weighted by molar-refractivity contribution is -0.135. The molecule has 2 heterocycles. The Morgan fingerprint density at radius 2 is 1.95 bits per heavy atom. The molecule has 0 N–H and O–H groups in total. The number of nitriles is 1. The summed E-state index contributed by atoms with van der Waals surface area (Å²) in [6.07, 6.45) is 4.73. The third-order valence-corrected chi connectivity index (χ3v) is 4.00. The van der Waals surface area contributed by atoms with Gasteiger partial charge in [-0.3, -0.25) is 4.79 Å². The molecule has 21 heavy (non-hydrogen) atoms. The summed E-state index contributed by atoms with van der Waals surface area (Å²) < 4.78 is 0. The maximum Gasteiger partial charge on any atom is 0.225 e. The Hall–Kier alpha value is -2.16. The van der Waals surface area contributed by atoms with Gasteiger partial charge in [0.2, 0.25) is 5.91 Å². The van der Waals surface area contributed by atoms with Crippen molar-refractivity contribution in [3.63, 3.8) is 0 Å². The molecule has 2 rings (SSSR count). The van der Waals surface area contributed by atoms with Crippen LogP contribution in [0.3, 0.4) is 0 Å². The lowest BCUT2D eigenvalue weighted by Gasteiger charge is -2.34. The van der Waals surface area contributed by atoms with E-state index in [4.69, 9.17) is 5.26 Å². The average Bonchev–Trinajstić information content (AvgIpc) is 2.56. The Morgan fingerprint density at radius 1 is 1.33 bits per heavy atom. The van der Waals surface area contributed by atoms with E-state index < -0.39 is 0 Å². The first-order chi connectivity index (χ1) is 10.2. The van der Waals surface area contributed by atoms with Crippen molar-refractivity contribution in [1.29, 1.82) is 5.26 Å². The van der Waals surface area contributed by atoms with E-state index in [1.807, 2.05) is 18.7 Å². The van der Waals surface area contributed by atoms with Crippen LogP contribution in [-0.2, 0) is 4.79 Å². The predicted octanol–water partition coefficient (Wildman–Crippen LogP) is 1.43. The molecule has 0 aromatic carbocycles. The number of piperidine rings is 1. The molecule has 6 nitrogen and oxygen atoms in total. The van der Waals surface area contributed by atoms with Gasteiger partial charge < -0.3 is 9.80 Å². The highest BCUT2D eigenvalue weighted by Crippen LogP contribution is 2.24. The minimum atomic E-state index is 0.0864. The Kier molecular flexibility index (Phi) is 5.09. The molecule has 112 valence electrons. The molecule has 1 saturated heterocycles. The highest BCUT2D eigenvalue weighted by molar-refractivity contribution is 5.79. The third-order valence-electron chi connectivity index (χ3n) is 4.00. The number of hydrogen-bond acceptors (Lipinski definition) is 5. The van der Waals surface area contributed by atoms with Crippen LogP contribution in [0.25, 0.3) is 0 Å². The number of anilines is 1. The van der Waals surface area contributed by atoms with Crippen molar-refractivity contribution in [3.8, 4) is 6.07 Å². The number of nitrogens with zero attached hydrogens (tertiary/aromatic N) is 5. The highest BCUT2D eigenvalue weighted by Gasteiger charge is 2.28. The second-order valence-corrected chi connectivity index (χ2v) is 5.11. The summed E-state index contributed by atoms with van der Waals surface area (Å²) >= 11 is 0. The SMILES string of the molecule is CCN(CC)C(=O)C1CCN(c2nccnc2C#N)CC1. The topological polar surface area (TPSA) is 73.1 Å². The first kappa shape index (κ1) is 15.2. The first-order valence-corrected chi connectivity index (χ1v) is 7.46. The zero-order valence-corrected chi connectivity index (χ0v) is 12.6. The van der Waals surface area contributed by atoms with Gasteiger partial charge in [0.15, 0.2) is 11.5 Å². The maximum absolute atomic E-state index is 12.4. The van der Waals surface area contributed by atoms with Gasteiger partial charge in [-0.15, -0.1) is 0 Å². The summed E-state index contributed by atoms with van der Waals surface area (Å²) in [6, 6.07) is 2.07. The number of rotatable bonds is 4. The molecule has 1 amide bonds. The second-order valence-electron chi connectivity index (χ2n) is 5.11. The fourth-order valence-corrected chi connectivity index (χ4v) is 2.77. The molecule has 0 bridgehead atoms. The van der Waals surface area contributed by atoms with Crippen molar-refractivity contribution < 1.29 is 4.79 Å². The molecule has 1 fully saturated rings. The number of amides is 1. The van der Waals surface area contributed by atoms with Gasteiger partial charge in [-0.2, -0.15) is 5.26 Å². The van der Waals surface area contributed by atoms with Crippen molar-refractivity contribution in [2.75, 3.05) is 31.1 Å². The molecule has 1 aliphatic rings. The summed E-state index contributed by atoms with van der Waals surface area (Å²) in [7, 11) is 0. The summed E-state index contributed by atoms with van der Waals surface area (Å²) in [5.74, 6) is 0.969. The lowest BCUT2D eigenvalue weighted by atomic mass is 9.95. The van der Waals surface area contributed by atoms with Gasteiger partial charge in [-0.05, 0) is 26.7 Å². The molecule has 0 saturated carbocycles. The van der Waals surface area contributed by atoms with Gasteiger partial charge >= 0.3 is 0 Å². The van der Waals surface area contributed by atoms with Crippen LogP contribution in [0, 0.1) is 17.2 Å². The van der Waals surface area contributed by atoms with E-state index in [1.54, 1.807) is 6.20 Å². The zero-order chi connectivity index (χ0) is 15.2. The van der Waals surface area contributed by atoms with E-state index >= 15 is 0 Å². The summed E-state index contributed by atoms with van der Waals surface area (Å²) in [4.78, 5) is 24.6. The average molecular weight is 287 g/mol. The molecule has 0 unspecified atom stereocenters. The van der Waals surface area contributed by atoms with E-state index in [0.717, 1.165) is 39.0 Å². The first-order valence-electron chi connectivity index (χ1n) is 7.46. The van der Waals surface area contributed by atoms with Crippen molar-refractivity contribution >= 4 is 11.7 Å². The highest BCUT2D eigenvalue weighted by atomic mass is 16.2. The van der Waals surface area contributed by atoms with Gasteiger partial charge in [0, 0.05) is 44.5 Å². The minimum Gasteiger partial charge on any atom is -0.354 e. The second kappa shape index (κ2) is 7.02. The van der Waals surface area contributed by atoms with Crippen molar-refractivity contribution in [2.45, 2.75) is 26.7 Å². The fraction of sp³-hybridized carbons (Fsp3) is 0.600. The molecule has 6 heteroatoms. The number of aromatic nitrogens is 2.